The Bertz CT molecular complexity index is 903. The lowest BCUT2D eigenvalue weighted by molar-refractivity contribution is -0.176. The molecule has 0 heterocycles. The highest BCUT2D eigenvalue weighted by Gasteiger charge is 2.54. The fourth-order valence-electron chi connectivity index (χ4n) is 3.64. The number of hydrogen-bond donors (Lipinski definition) is 6. The predicted octanol–water partition coefficient (Wildman–Crippen LogP) is -0.801. The van der Waals surface area contributed by atoms with E-state index in [1.165, 1.54) is 0 Å². The average Bonchev–Trinajstić information content (AvgIpc) is 3.08. The third-order valence-electron chi connectivity index (χ3n) is 5.41. The van der Waals surface area contributed by atoms with Gasteiger partial charge in [0, 0.05) is 5.92 Å². The monoisotopic (exact) mass is 417 g/mol. The second kappa shape index (κ2) is 8.50. The van der Waals surface area contributed by atoms with Gasteiger partial charge in [0.2, 0.25) is 5.54 Å². The largest absolute Gasteiger partial charge is 0.479 e. The summed E-state index contributed by atoms with van der Waals surface area (Å²) in [5.74, 6) is -3.80. The van der Waals surface area contributed by atoms with E-state index in [1.54, 1.807) is 0 Å². The molecule has 7 N–H and O–H groups in total. The molecule has 160 valence electrons. The Balaban J connectivity index is 1.84. The molecular formula is C21H23NO8. The molecule has 0 spiro atoms. The van der Waals surface area contributed by atoms with Crippen molar-refractivity contribution in [2.45, 2.75) is 29.8 Å². The summed E-state index contributed by atoms with van der Waals surface area (Å²) in [4.78, 5) is 24.3. The highest BCUT2D eigenvalue weighted by Crippen LogP contribution is 2.44. The van der Waals surface area contributed by atoms with E-state index in [0.717, 1.165) is 22.3 Å². The Kier molecular flexibility index (Phi) is 6.20. The second-order valence-corrected chi connectivity index (χ2v) is 7.19. The van der Waals surface area contributed by atoms with Gasteiger partial charge in [-0.1, -0.05) is 48.5 Å². The number of carbonyl (C=O) groups is 2. The standard InChI is InChI=1S/C21H23NO8/c22-21(19(27)28,18(26)17(25)16(24)9-23)20(29)30-10-15-13-7-3-1-5-11(13)12-6-2-4-8-14(12)15/h1-8,15-18,23-26H,9-10,22H2,(H,27,28)/t16-,17-,18+,21+/m1/s1. The van der Waals surface area contributed by atoms with Crippen LogP contribution in [0.1, 0.15) is 17.0 Å². The van der Waals surface area contributed by atoms with Crippen LogP contribution in [0, 0.1) is 0 Å². The third kappa shape index (κ3) is 3.57. The molecule has 0 fully saturated rings. The molecule has 0 bridgehead atoms. The van der Waals surface area contributed by atoms with E-state index in [-0.39, 0.29) is 12.5 Å². The summed E-state index contributed by atoms with van der Waals surface area (Å²) in [6, 6.07) is 15.0. The molecule has 0 aliphatic heterocycles. The summed E-state index contributed by atoms with van der Waals surface area (Å²) in [6.45, 7) is -1.22. The van der Waals surface area contributed by atoms with Crippen LogP contribution in [0.4, 0.5) is 0 Å². The summed E-state index contributed by atoms with van der Waals surface area (Å²) in [5, 5.41) is 47.8. The van der Waals surface area contributed by atoms with Crippen LogP contribution in [0.3, 0.4) is 0 Å². The van der Waals surface area contributed by atoms with Crippen molar-refractivity contribution in [2.24, 2.45) is 5.73 Å². The highest BCUT2D eigenvalue weighted by molar-refractivity contribution is 6.04. The summed E-state index contributed by atoms with van der Waals surface area (Å²) in [7, 11) is 0. The number of rotatable bonds is 8. The fraction of sp³-hybridized carbons (Fsp3) is 0.333. The Morgan fingerprint density at radius 3 is 1.97 bits per heavy atom. The Morgan fingerprint density at radius 2 is 1.50 bits per heavy atom. The first-order chi connectivity index (χ1) is 14.2. The van der Waals surface area contributed by atoms with Crippen LogP contribution in [0.25, 0.3) is 11.1 Å². The van der Waals surface area contributed by atoms with Gasteiger partial charge in [-0.2, -0.15) is 0 Å². The summed E-state index contributed by atoms with van der Waals surface area (Å²) in [6.07, 6.45) is -6.51. The molecule has 9 nitrogen and oxygen atoms in total. The van der Waals surface area contributed by atoms with E-state index in [0.29, 0.717) is 0 Å². The first-order valence-electron chi connectivity index (χ1n) is 9.26. The number of carbonyl (C=O) groups excluding carboxylic acids is 1. The first kappa shape index (κ1) is 21.9. The number of esters is 1. The van der Waals surface area contributed by atoms with Gasteiger partial charge in [-0.25, -0.2) is 9.59 Å². The lowest BCUT2D eigenvalue weighted by Crippen LogP contribution is -2.68. The molecule has 0 aromatic heterocycles. The van der Waals surface area contributed by atoms with Crippen LogP contribution in [0.15, 0.2) is 48.5 Å². The number of aliphatic hydroxyl groups excluding tert-OH is 4. The van der Waals surface area contributed by atoms with Crippen LogP contribution >= 0.6 is 0 Å². The van der Waals surface area contributed by atoms with Crippen molar-refractivity contribution in [1.82, 2.24) is 0 Å². The molecule has 2 aromatic rings. The first-order valence-corrected chi connectivity index (χ1v) is 9.26. The van der Waals surface area contributed by atoms with Crippen LogP contribution in [-0.2, 0) is 14.3 Å². The van der Waals surface area contributed by atoms with Gasteiger partial charge in [0.15, 0.2) is 0 Å². The third-order valence-corrected chi connectivity index (χ3v) is 5.41. The van der Waals surface area contributed by atoms with Gasteiger partial charge in [0.05, 0.1) is 6.61 Å². The maximum Gasteiger partial charge on any atom is 0.340 e. The van der Waals surface area contributed by atoms with Gasteiger partial charge in [-0.05, 0) is 22.3 Å². The number of benzene rings is 2. The van der Waals surface area contributed by atoms with E-state index in [1.807, 2.05) is 48.5 Å². The van der Waals surface area contributed by atoms with Crippen molar-refractivity contribution in [3.8, 4) is 11.1 Å². The zero-order valence-electron chi connectivity index (χ0n) is 15.9. The van der Waals surface area contributed by atoms with E-state index in [2.05, 4.69) is 0 Å². The number of hydrogen-bond acceptors (Lipinski definition) is 8. The predicted molar refractivity (Wildman–Crippen MR) is 104 cm³/mol. The van der Waals surface area contributed by atoms with Crippen LogP contribution in [0.5, 0.6) is 0 Å². The number of ether oxygens (including phenoxy) is 1. The number of nitrogens with two attached hydrogens (primary N) is 1. The topological polar surface area (TPSA) is 171 Å². The normalized spacial score (nSPS) is 17.9. The minimum Gasteiger partial charge on any atom is -0.479 e. The Hall–Kier alpha value is -2.82. The molecule has 0 saturated carbocycles. The van der Waals surface area contributed by atoms with Gasteiger partial charge < -0.3 is 36.0 Å². The number of fused-ring (bicyclic) bond motifs is 3. The maximum atomic E-state index is 12.6. The Labute approximate surface area is 172 Å². The van der Waals surface area contributed by atoms with Gasteiger partial charge >= 0.3 is 11.9 Å². The van der Waals surface area contributed by atoms with Crippen LogP contribution in [-0.4, -0.2) is 74.5 Å². The van der Waals surface area contributed by atoms with Gasteiger partial charge in [-0.3, -0.25) is 0 Å². The fourth-order valence-corrected chi connectivity index (χ4v) is 3.64. The molecule has 0 radical (unpaired) electrons. The quantitative estimate of drug-likeness (QED) is 0.238. The summed E-state index contributed by atoms with van der Waals surface area (Å²) >= 11 is 0. The van der Waals surface area contributed by atoms with Crippen molar-refractivity contribution in [2.75, 3.05) is 13.2 Å². The van der Waals surface area contributed by atoms with Gasteiger partial charge in [0.1, 0.15) is 24.9 Å². The van der Waals surface area contributed by atoms with Crippen molar-refractivity contribution >= 4 is 11.9 Å². The van der Waals surface area contributed by atoms with E-state index < -0.39 is 42.4 Å². The van der Waals surface area contributed by atoms with Gasteiger partial charge in [-0.15, -0.1) is 0 Å². The molecular weight excluding hydrogens is 394 g/mol. The molecule has 9 heteroatoms. The van der Waals surface area contributed by atoms with Crippen molar-refractivity contribution < 1.29 is 39.9 Å². The zero-order chi connectivity index (χ0) is 22.1. The minimum atomic E-state index is -3.05. The van der Waals surface area contributed by atoms with Crippen LogP contribution in [0.2, 0.25) is 0 Å². The number of carboxylic acids is 1. The SMILES string of the molecule is N[C@@](C(=O)O)(C(=O)OCC1c2ccccc2-c2ccccc21)[C@@H](O)[C@H](O)[C@H](O)CO. The number of aliphatic carboxylic acids is 1. The minimum absolute atomic E-state index is 0.246. The van der Waals surface area contributed by atoms with E-state index in [9.17, 15) is 30.0 Å². The van der Waals surface area contributed by atoms with Gasteiger partial charge in [0.25, 0.3) is 0 Å². The maximum absolute atomic E-state index is 12.6. The second-order valence-electron chi connectivity index (χ2n) is 7.19. The highest BCUT2D eigenvalue weighted by atomic mass is 16.5. The molecule has 1 aliphatic rings. The van der Waals surface area contributed by atoms with E-state index >= 15 is 0 Å². The smallest absolute Gasteiger partial charge is 0.340 e. The average molecular weight is 417 g/mol. The number of carboxylic acid groups (broad SMARTS) is 1. The lowest BCUT2D eigenvalue weighted by Gasteiger charge is -2.32. The molecule has 2 aromatic carbocycles. The van der Waals surface area contributed by atoms with E-state index in [4.69, 9.17) is 15.6 Å². The number of aliphatic hydroxyl groups is 4. The Morgan fingerprint density at radius 1 is 1.00 bits per heavy atom. The van der Waals surface area contributed by atoms with Crippen molar-refractivity contribution in [3.05, 3.63) is 59.7 Å². The summed E-state index contributed by atoms with van der Waals surface area (Å²) < 4.78 is 5.19. The zero-order valence-corrected chi connectivity index (χ0v) is 15.9. The molecule has 3 rings (SSSR count). The molecule has 30 heavy (non-hydrogen) atoms. The summed E-state index contributed by atoms with van der Waals surface area (Å²) in [5.41, 5.74) is 6.28. The molecule has 4 atom stereocenters. The van der Waals surface area contributed by atoms with Crippen LogP contribution < -0.4 is 5.73 Å². The molecule has 1 aliphatic carbocycles. The lowest BCUT2D eigenvalue weighted by atomic mass is 9.87. The molecule has 0 saturated heterocycles. The molecule has 0 unspecified atom stereocenters. The van der Waals surface area contributed by atoms with Crippen molar-refractivity contribution in [1.29, 1.82) is 0 Å². The van der Waals surface area contributed by atoms with Crippen molar-refractivity contribution in [3.63, 3.8) is 0 Å². The molecule has 0 amide bonds.